The van der Waals surface area contributed by atoms with Crippen LogP contribution in [0.1, 0.15) is 44.6 Å². The van der Waals surface area contributed by atoms with Crippen LogP contribution in [0.5, 0.6) is 0 Å². The van der Waals surface area contributed by atoms with E-state index in [-0.39, 0.29) is 43.5 Å². The summed E-state index contributed by atoms with van der Waals surface area (Å²) in [6, 6.07) is 6.77. The average molecular weight is 689 g/mol. The second-order valence-corrected chi connectivity index (χ2v) is 11.4. The fourth-order valence-corrected chi connectivity index (χ4v) is 5.84. The zero-order chi connectivity index (χ0) is 31.4. The van der Waals surface area contributed by atoms with Crippen LogP contribution in [0.4, 0.5) is 26.3 Å². The molecule has 1 amide bonds. The van der Waals surface area contributed by atoms with Crippen LogP contribution in [0.25, 0.3) is 0 Å². The molecule has 254 valence electrons. The van der Waals surface area contributed by atoms with E-state index in [1.807, 2.05) is 32.0 Å². The Morgan fingerprint density at radius 1 is 0.889 bits per heavy atom. The molecule has 2 aliphatic rings. The molecule has 2 saturated heterocycles. The number of benzene rings is 2. The molecule has 0 N–H and O–H groups in total. The van der Waals surface area contributed by atoms with E-state index in [2.05, 4.69) is 9.80 Å². The fraction of sp³-hybridized carbons (Fsp3) is 0.581. The molecular weight excluding hydrogens is 647 g/mol. The number of methoxy groups -OCH3 is 1. The lowest BCUT2D eigenvalue weighted by Crippen LogP contribution is -2.56. The first-order valence-electron chi connectivity index (χ1n) is 14.5. The molecule has 6 nitrogen and oxygen atoms in total. The zero-order valence-electron chi connectivity index (χ0n) is 25.5. The summed E-state index contributed by atoms with van der Waals surface area (Å²) < 4.78 is 92.1. The molecule has 0 spiro atoms. The van der Waals surface area contributed by atoms with Crippen LogP contribution in [0.3, 0.4) is 0 Å². The SMILES string of the molecule is COC[C@@H]1COCCN1CCCN1CCN(C(=O)c2cc(C(F)(F)F)cc(C(F)(F)F)c2)C(Cc2ccc(C)c(C)c2)C1.Cl.Cl. The van der Waals surface area contributed by atoms with E-state index < -0.39 is 41.0 Å². The normalized spacial score (nSPS) is 20.0. The minimum atomic E-state index is -5.03. The molecule has 0 radical (unpaired) electrons. The molecule has 45 heavy (non-hydrogen) atoms. The maximum absolute atomic E-state index is 13.6. The third-order valence-electron chi connectivity index (χ3n) is 8.33. The highest BCUT2D eigenvalue weighted by molar-refractivity contribution is 5.95. The van der Waals surface area contributed by atoms with E-state index in [1.165, 1.54) is 4.90 Å². The molecule has 0 aliphatic carbocycles. The van der Waals surface area contributed by atoms with Gasteiger partial charge < -0.3 is 14.4 Å². The number of hydrogen-bond donors (Lipinski definition) is 0. The monoisotopic (exact) mass is 687 g/mol. The number of alkyl halides is 6. The lowest BCUT2D eigenvalue weighted by molar-refractivity contribution is -0.143. The number of amides is 1. The Kier molecular flexibility index (Phi) is 14.5. The number of aryl methyl sites for hydroxylation is 2. The Bertz CT molecular complexity index is 1230. The quantitative estimate of drug-likeness (QED) is 0.290. The molecule has 1 unspecified atom stereocenters. The molecule has 0 saturated carbocycles. The average Bonchev–Trinajstić information content (AvgIpc) is 2.95. The van der Waals surface area contributed by atoms with Crippen molar-refractivity contribution in [1.82, 2.24) is 14.7 Å². The zero-order valence-corrected chi connectivity index (χ0v) is 27.2. The first-order valence-corrected chi connectivity index (χ1v) is 14.5. The Morgan fingerprint density at radius 2 is 1.56 bits per heavy atom. The molecule has 2 fully saturated rings. The summed E-state index contributed by atoms with van der Waals surface area (Å²) in [4.78, 5) is 19.6. The smallest absolute Gasteiger partial charge is 0.383 e. The van der Waals surface area contributed by atoms with Crippen molar-refractivity contribution in [2.75, 3.05) is 66.2 Å². The molecular formula is C31H41Cl2F6N3O3. The first-order chi connectivity index (χ1) is 20.3. The molecule has 2 aromatic rings. The molecule has 0 bridgehead atoms. The summed E-state index contributed by atoms with van der Waals surface area (Å²) >= 11 is 0. The van der Waals surface area contributed by atoms with Gasteiger partial charge in [-0.1, -0.05) is 18.2 Å². The van der Waals surface area contributed by atoms with Gasteiger partial charge in [-0.2, -0.15) is 26.3 Å². The van der Waals surface area contributed by atoms with Gasteiger partial charge in [-0.05, 0) is 74.7 Å². The number of halogens is 8. The summed E-state index contributed by atoms with van der Waals surface area (Å²) in [6.45, 7) is 9.28. The van der Waals surface area contributed by atoms with E-state index >= 15 is 0 Å². The minimum Gasteiger partial charge on any atom is -0.383 e. The Hall–Kier alpha value is -2.09. The predicted molar refractivity (Wildman–Crippen MR) is 164 cm³/mol. The molecule has 2 aromatic carbocycles. The number of morpholine rings is 1. The standard InChI is InChI=1S/C31H39F6N3O3.2ClH/c1-21-5-6-23(13-22(21)2)14-27-18-38(7-4-8-39-11-12-43-20-28(39)19-42-3)9-10-40(27)29(41)24-15-25(30(32,33)34)17-26(16-24)31(35,36)37;;/h5-6,13,15-17,27-28H,4,7-12,14,18-20H2,1-3H3;2*1H/t27?,28-;;/m1../s1. The first kappa shape index (κ1) is 39.1. The van der Waals surface area contributed by atoms with Gasteiger partial charge in [0.1, 0.15) is 0 Å². The topological polar surface area (TPSA) is 45.3 Å². The van der Waals surface area contributed by atoms with E-state index in [4.69, 9.17) is 9.47 Å². The van der Waals surface area contributed by atoms with E-state index in [0.29, 0.717) is 51.5 Å². The highest BCUT2D eigenvalue weighted by Gasteiger charge is 2.39. The van der Waals surface area contributed by atoms with Crippen molar-refractivity contribution >= 4 is 30.7 Å². The third kappa shape index (κ3) is 10.5. The van der Waals surface area contributed by atoms with Crippen LogP contribution in [-0.4, -0.2) is 98.9 Å². The Balaban J connectivity index is 0.00000353. The minimum absolute atomic E-state index is 0. The number of nitrogens with zero attached hydrogens (tertiary/aromatic N) is 3. The van der Waals surface area contributed by atoms with Crippen molar-refractivity contribution in [3.05, 3.63) is 69.8 Å². The van der Waals surface area contributed by atoms with Crippen LogP contribution in [0.15, 0.2) is 36.4 Å². The summed E-state index contributed by atoms with van der Waals surface area (Å²) in [6.07, 6.45) is -8.78. The van der Waals surface area contributed by atoms with Gasteiger partial charge in [0.15, 0.2) is 0 Å². The number of carbonyl (C=O) groups is 1. The number of carbonyl (C=O) groups excluding carboxylic acids is 1. The molecule has 2 atom stereocenters. The van der Waals surface area contributed by atoms with Gasteiger partial charge in [-0.3, -0.25) is 14.6 Å². The van der Waals surface area contributed by atoms with Gasteiger partial charge in [0.2, 0.25) is 0 Å². The van der Waals surface area contributed by atoms with Crippen LogP contribution in [-0.2, 0) is 28.2 Å². The van der Waals surface area contributed by atoms with Gasteiger partial charge in [-0.25, -0.2) is 0 Å². The summed E-state index contributed by atoms with van der Waals surface area (Å²) in [5, 5.41) is 0. The number of hydrogen-bond acceptors (Lipinski definition) is 5. The fourth-order valence-electron chi connectivity index (χ4n) is 5.84. The predicted octanol–water partition coefficient (Wildman–Crippen LogP) is 6.29. The van der Waals surface area contributed by atoms with Gasteiger partial charge in [-0.15, -0.1) is 24.8 Å². The highest BCUT2D eigenvalue weighted by Crippen LogP contribution is 2.37. The van der Waals surface area contributed by atoms with E-state index in [1.54, 1.807) is 7.11 Å². The van der Waals surface area contributed by atoms with E-state index in [9.17, 15) is 31.1 Å². The number of piperazine rings is 1. The highest BCUT2D eigenvalue weighted by atomic mass is 35.5. The Morgan fingerprint density at radius 3 is 2.16 bits per heavy atom. The lowest BCUT2D eigenvalue weighted by atomic mass is 9.97. The second kappa shape index (κ2) is 16.6. The summed E-state index contributed by atoms with van der Waals surface area (Å²) in [7, 11) is 1.66. The van der Waals surface area contributed by atoms with E-state index in [0.717, 1.165) is 42.7 Å². The van der Waals surface area contributed by atoms with Crippen LogP contribution in [0.2, 0.25) is 0 Å². The second-order valence-electron chi connectivity index (χ2n) is 11.4. The van der Waals surface area contributed by atoms with Crippen molar-refractivity contribution in [3.8, 4) is 0 Å². The van der Waals surface area contributed by atoms with Gasteiger partial charge in [0.05, 0.1) is 37.0 Å². The molecule has 14 heteroatoms. The van der Waals surface area contributed by atoms with Crippen molar-refractivity contribution < 1.29 is 40.6 Å². The van der Waals surface area contributed by atoms with Gasteiger partial charge in [0, 0.05) is 44.9 Å². The molecule has 4 rings (SSSR count). The van der Waals surface area contributed by atoms with Crippen molar-refractivity contribution in [2.45, 2.75) is 51.1 Å². The van der Waals surface area contributed by atoms with Crippen molar-refractivity contribution in [3.63, 3.8) is 0 Å². The summed E-state index contributed by atoms with van der Waals surface area (Å²) in [5.41, 5.74) is -0.497. The molecule has 2 heterocycles. The largest absolute Gasteiger partial charge is 0.416 e. The van der Waals surface area contributed by atoms with Crippen LogP contribution in [0, 0.1) is 13.8 Å². The lowest BCUT2D eigenvalue weighted by Gasteiger charge is -2.42. The number of ether oxygens (including phenoxy) is 2. The van der Waals surface area contributed by atoms with Gasteiger partial charge in [0.25, 0.3) is 5.91 Å². The summed E-state index contributed by atoms with van der Waals surface area (Å²) in [5.74, 6) is -0.833. The molecule has 0 aromatic heterocycles. The van der Waals surface area contributed by atoms with Gasteiger partial charge >= 0.3 is 12.4 Å². The number of rotatable bonds is 9. The van der Waals surface area contributed by atoms with Crippen LogP contribution >= 0.6 is 24.8 Å². The maximum atomic E-state index is 13.6. The van der Waals surface area contributed by atoms with Crippen molar-refractivity contribution in [2.24, 2.45) is 0 Å². The Labute approximate surface area is 272 Å². The third-order valence-corrected chi connectivity index (χ3v) is 8.33. The maximum Gasteiger partial charge on any atom is 0.416 e. The van der Waals surface area contributed by atoms with Crippen molar-refractivity contribution in [1.29, 1.82) is 0 Å². The molecule has 2 aliphatic heterocycles. The van der Waals surface area contributed by atoms with Crippen LogP contribution < -0.4 is 0 Å².